The molecule has 0 aliphatic carbocycles. The van der Waals surface area contributed by atoms with Gasteiger partial charge in [0.25, 0.3) is 0 Å². The van der Waals surface area contributed by atoms with Gasteiger partial charge in [0.2, 0.25) is 17.9 Å². The number of fused-ring (bicyclic) bond motifs is 1. The van der Waals surface area contributed by atoms with Crippen molar-refractivity contribution in [1.82, 2.24) is 9.97 Å². The molecule has 1 aromatic rings. The van der Waals surface area contributed by atoms with E-state index in [2.05, 4.69) is 21.7 Å². The van der Waals surface area contributed by atoms with Gasteiger partial charge in [-0.15, -0.1) is 4.99 Å². The first-order valence-electron chi connectivity index (χ1n) is 3.67. The van der Waals surface area contributed by atoms with Crippen LogP contribution in [0.4, 0.5) is 11.5 Å². The number of aryl methyl sites for hydroxylation is 2. The van der Waals surface area contributed by atoms with Gasteiger partial charge in [-0.1, -0.05) is 4.98 Å². The van der Waals surface area contributed by atoms with Crippen LogP contribution >= 0.6 is 0 Å². The first-order chi connectivity index (χ1) is 5.68. The average molecular weight is 161 g/mol. The van der Waals surface area contributed by atoms with E-state index >= 15 is 0 Å². The highest BCUT2D eigenvalue weighted by atomic mass is 15.2. The average Bonchev–Trinajstić information content (AvgIpc) is 2.33. The van der Waals surface area contributed by atoms with Crippen LogP contribution in [0.3, 0.4) is 0 Å². The summed E-state index contributed by atoms with van der Waals surface area (Å²) in [4.78, 5) is 12.6. The molecule has 0 amide bonds. The Hall–Kier alpha value is -1.58. The van der Waals surface area contributed by atoms with E-state index in [1.807, 2.05) is 13.8 Å². The Bertz CT molecular complexity index is 392. The Balaban J connectivity index is 2.74. The molecule has 4 heteroatoms. The zero-order chi connectivity index (χ0) is 8.72. The summed E-state index contributed by atoms with van der Waals surface area (Å²) in [5.41, 5.74) is 1.73. The molecule has 12 heavy (non-hydrogen) atoms. The molecule has 60 valence electrons. The van der Waals surface area contributed by atoms with Crippen LogP contribution in [0.15, 0.2) is 4.99 Å². The minimum Gasteiger partial charge on any atom is -0.219 e. The molecule has 0 bridgehead atoms. The number of aromatic nitrogens is 2. The summed E-state index contributed by atoms with van der Waals surface area (Å²) in [6.45, 7) is 7.54. The molecule has 0 unspecified atom stereocenters. The molecule has 1 aliphatic rings. The van der Waals surface area contributed by atoms with Crippen molar-refractivity contribution in [3.63, 3.8) is 0 Å². The maximum atomic E-state index is 4.22. The van der Waals surface area contributed by atoms with Crippen molar-refractivity contribution >= 4 is 24.6 Å². The quantitative estimate of drug-likeness (QED) is 0.535. The molecule has 0 saturated carbocycles. The van der Waals surface area contributed by atoms with Gasteiger partial charge in [0.05, 0.1) is 5.69 Å². The monoisotopic (exact) mass is 161 g/mol. The summed E-state index contributed by atoms with van der Waals surface area (Å²) in [6.07, 6.45) is 1.64. The second kappa shape index (κ2) is 2.20. The summed E-state index contributed by atoms with van der Waals surface area (Å²) < 4.78 is 1.65. The van der Waals surface area contributed by atoms with Gasteiger partial charge in [0, 0.05) is 13.6 Å². The molecule has 0 radical (unpaired) electrons. The van der Waals surface area contributed by atoms with Gasteiger partial charge in [-0.2, -0.15) is 0 Å². The molecule has 0 aromatic carbocycles. The van der Waals surface area contributed by atoms with Crippen molar-refractivity contribution in [2.75, 3.05) is 0 Å². The lowest BCUT2D eigenvalue weighted by Gasteiger charge is -1.94. The second-order valence-electron chi connectivity index (χ2n) is 2.74. The van der Waals surface area contributed by atoms with E-state index in [9.17, 15) is 0 Å². The third-order valence-corrected chi connectivity index (χ3v) is 1.75. The number of aliphatic imine (C=N–C) groups is 1. The summed E-state index contributed by atoms with van der Waals surface area (Å²) in [5, 5.41) is 0. The number of nitrogens with zero attached hydrogens (tertiary/aromatic N) is 4. The zero-order valence-electron chi connectivity index (χ0n) is 7.07. The zero-order valence-corrected chi connectivity index (χ0v) is 7.07. The Labute approximate surface area is 70.3 Å². The highest BCUT2D eigenvalue weighted by Crippen LogP contribution is 2.30. The van der Waals surface area contributed by atoms with Gasteiger partial charge in [-0.25, -0.2) is 9.56 Å². The maximum absolute atomic E-state index is 4.22. The van der Waals surface area contributed by atoms with E-state index in [0.29, 0.717) is 0 Å². The lowest BCUT2D eigenvalue weighted by Crippen LogP contribution is -1.98. The molecule has 0 fully saturated rings. The fourth-order valence-corrected chi connectivity index (χ4v) is 1.22. The SMILES string of the molecule is C=[N+]1C=Nc2c(C)nc(C)nc21. The molecule has 0 saturated heterocycles. The van der Waals surface area contributed by atoms with Crippen LogP contribution in [0.2, 0.25) is 0 Å². The molecule has 1 aliphatic heterocycles. The minimum absolute atomic E-state index is 0.755. The third kappa shape index (κ3) is 0.845. The predicted molar refractivity (Wildman–Crippen MR) is 46.7 cm³/mol. The summed E-state index contributed by atoms with van der Waals surface area (Å²) in [7, 11) is 0. The van der Waals surface area contributed by atoms with Crippen molar-refractivity contribution in [1.29, 1.82) is 0 Å². The van der Waals surface area contributed by atoms with Crippen LogP contribution in [0.5, 0.6) is 0 Å². The molecule has 0 spiro atoms. The summed E-state index contributed by atoms with van der Waals surface area (Å²) in [5.74, 6) is 1.55. The van der Waals surface area contributed by atoms with E-state index in [1.165, 1.54) is 0 Å². The molecule has 4 nitrogen and oxygen atoms in total. The summed E-state index contributed by atoms with van der Waals surface area (Å²) >= 11 is 0. The third-order valence-electron chi connectivity index (χ3n) is 1.75. The fourth-order valence-electron chi connectivity index (χ4n) is 1.22. The van der Waals surface area contributed by atoms with Gasteiger partial charge >= 0.3 is 5.82 Å². The van der Waals surface area contributed by atoms with Gasteiger partial charge in [0.1, 0.15) is 0 Å². The second-order valence-corrected chi connectivity index (χ2v) is 2.74. The van der Waals surface area contributed by atoms with Crippen LogP contribution in [-0.4, -0.2) is 27.6 Å². The van der Waals surface area contributed by atoms with Crippen molar-refractivity contribution in [2.24, 2.45) is 4.99 Å². The topological polar surface area (TPSA) is 41.1 Å². The lowest BCUT2D eigenvalue weighted by molar-refractivity contribution is -0.283. The fraction of sp³-hybridized carbons (Fsp3) is 0.250. The molecular formula is C8H9N4+. The standard InChI is InChI=1S/C8H9N4/c1-5-7-8(11-6(2)10-5)12(3)4-9-7/h4H,3H2,1-2H3/q+1. The Morgan fingerprint density at radius 1 is 1.33 bits per heavy atom. The van der Waals surface area contributed by atoms with E-state index in [1.54, 1.807) is 10.9 Å². The Kier molecular flexibility index (Phi) is 1.30. The van der Waals surface area contributed by atoms with Crippen molar-refractivity contribution < 1.29 is 4.58 Å². The van der Waals surface area contributed by atoms with Gasteiger partial charge in [0.15, 0.2) is 0 Å². The van der Waals surface area contributed by atoms with E-state index in [0.717, 1.165) is 23.0 Å². The van der Waals surface area contributed by atoms with Crippen molar-refractivity contribution in [3.8, 4) is 0 Å². The van der Waals surface area contributed by atoms with Gasteiger partial charge in [-0.05, 0) is 6.92 Å². The van der Waals surface area contributed by atoms with Crippen LogP contribution in [0.1, 0.15) is 11.5 Å². The van der Waals surface area contributed by atoms with Gasteiger partial charge in [-0.3, -0.25) is 0 Å². The number of hydrogen-bond acceptors (Lipinski definition) is 3. The van der Waals surface area contributed by atoms with Crippen LogP contribution < -0.4 is 0 Å². The predicted octanol–water partition coefficient (Wildman–Crippen LogP) is 1.11. The molecule has 1 aromatic heterocycles. The Morgan fingerprint density at radius 2 is 2.08 bits per heavy atom. The molecule has 2 rings (SSSR count). The number of hydrogen-bond donors (Lipinski definition) is 0. The molecule has 0 N–H and O–H groups in total. The largest absolute Gasteiger partial charge is 0.313 e. The van der Waals surface area contributed by atoms with Crippen LogP contribution in [0, 0.1) is 13.8 Å². The smallest absolute Gasteiger partial charge is 0.219 e. The molecule has 2 heterocycles. The number of rotatable bonds is 0. The van der Waals surface area contributed by atoms with E-state index < -0.39 is 0 Å². The van der Waals surface area contributed by atoms with Crippen LogP contribution in [-0.2, 0) is 0 Å². The summed E-state index contributed by atoms with van der Waals surface area (Å²) in [6, 6.07) is 0. The normalized spacial score (nSPS) is 13.7. The Morgan fingerprint density at radius 3 is 2.83 bits per heavy atom. The first kappa shape index (κ1) is 7.09. The highest BCUT2D eigenvalue weighted by Gasteiger charge is 2.23. The first-order valence-corrected chi connectivity index (χ1v) is 3.67. The molecule has 0 atom stereocenters. The highest BCUT2D eigenvalue weighted by molar-refractivity contribution is 5.73. The molecular weight excluding hydrogens is 152 g/mol. The van der Waals surface area contributed by atoms with E-state index in [-0.39, 0.29) is 0 Å². The minimum atomic E-state index is 0.755. The lowest BCUT2D eigenvalue weighted by atomic mass is 10.3. The van der Waals surface area contributed by atoms with Crippen LogP contribution in [0.25, 0.3) is 0 Å². The van der Waals surface area contributed by atoms with Crippen molar-refractivity contribution in [3.05, 3.63) is 11.5 Å². The van der Waals surface area contributed by atoms with Gasteiger partial charge < -0.3 is 0 Å². The van der Waals surface area contributed by atoms with E-state index in [4.69, 9.17) is 0 Å². The maximum Gasteiger partial charge on any atom is 0.313 e. The van der Waals surface area contributed by atoms with Crippen molar-refractivity contribution in [2.45, 2.75) is 13.8 Å².